The molecule has 2 aliphatic rings. The molecule has 23 heavy (non-hydrogen) atoms. The van der Waals surface area contributed by atoms with Gasteiger partial charge in [-0.3, -0.25) is 14.6 Å². The van der Waals surface area contributed by atoms with Gasteiger partial charge in [-0.25, -0.2) is 0 Å². The van der Waals surface area contributed by atoms with Crippen LogP contribution in [0, 0.1) is 5.92 Å². The van der Waals surface area contributed by atoms with Crippen LogP contribution >= 0.6 is 0 Å². The molecule has 1 amide bonds. The summed E-state index contributed by atoms with van der Waals surface area (Å²) in [5.74, 6) is 0.0996. The highest BCUT2D eigenvalue weighted by Gasteiger charge is 2.34. The summed E-state index contributed by atoms with van der Waals surface area (Å²) < 4.78 is 5.17. The first-order chi connectivity index (χ1) is 11.2. The summed E-state index contributed by atoms with van der Waals surface area (Å²) in [5.41, 5.74) is 0.858. The molecular weight excluding hydrogens is 292 g/mol. The molecule has 0 spiro atoms. The minimum absolute atomic E-state index is 0.0870. The lowest BCUT2D eigenvalue weighted by molar-refractivity contribution is -0.153. The maximum Gasteiger partial charge on any atom is 0.306 e. The van der Waals surface area contributed by atoms with Gasteiger partial charge in [0.15, 0.2) is 6.10 Å². The number of aromatic nitrogens is 1. The van der Waals surface area contributed by atoms with Crippen LogP contribution in [0.25, 0.3) is 0 Å². The molecule has 1 aliphatic heterocycles. The molecule has 0 bridgehead atoms. The molecule has 1 fully saturated rings. The van der Waals surface area contributed by atoms with E-state index in [9.17, 15) is 9.59 Å². The third-order valence-corrected chi connectivity index (χ3v) is 4.41. The molecule has 0 radical (unpaired) electrons. The molecule has 0 saturated carbocycles. The molecule has 0 aromatic carbocycles. The number of nitrogens with zero attached hydrogens (tertiary/aromatic N) is 2. The minimum atomic E-state index is -0.620. The minimum Gasteiger partial charge on any atom is -0.452 e. The van der Waals surface area contributed by atoms with Crippen LogP contribution in [-0.4, -0.2) is 34.4 Å². The molecule has 5 heteroatoms. The number of hydrogen-bond donors (Lipinski definition) is 0. The highest BCUT2D eigenvalue weighted by Crippen LogP contribution is 2.23. The van der Waals surface area contributed by atoms with Gasteiger partial charge in [0.25, 0.3) is 5.91 Å². The second-order valence-electron chi connectivity index (χ2n) is 6.21. The molecule has 122 valence electrons. The number of ether oxygens (including phenoxy) is 1. The van der Waals surface area contributed by atoms with Crippen molar-refractivity contribution in [3.8, 4) is 0 Å². The zero-order chi connectivity index (χ0) is 16.1. The topological polar surface area (TPSA) is 59.5 Å². The van der Waals surface area contributed by atoms with E-state index in [0.717, 1.165) is 25.0 Å². The van der Waals surface area contributed by atoms with Gasteiger partial charge >= 0.3 is 5.97 Å². The van der Waals surface area contributed by atoms with Crippen molar-refractivity contribution in [2.75, 3.05) is 6.54 Å². The van der Waals surface area contributed by atoms with Crippen molar-refractivity contribution >= 4 is 11.9 Å². The second kappa shape index (κ2) is 7.40. The molecule has 1 saturated heterocycles. The predicted octanol–water partition coefficient (Wildman–Crippen LogP) is 2.47. The molecule has 5 nitrogen and oxygen atoms in total. The largest absolute Gasteiger partial charge is 0.452 e. The Balaban J connectivity index is 1.70. The number of carbonyl (C=O) groups excluding carboxylic acids is 2. The molecule has 1 aliphatic carbocycles. The smallest absolute Gasteiger partial charge is 0.306 e. The Bertz CT molecular complexity index is 585. The number of carbonyl (C=O) groups is 2. The van der Waals surface area contributed by atoms with Crippen LogP contribution in [0.15, 0.2) is 36.5 Å². The van der Waals surface area contributed by atoms with Gasteiger partial charge in [-0.15, -0.1) is 0 Å². The number of allylic oxidation sites excluding steroid dienone is 2. The molecule has 2 heterocycles. The first kappa shape index (κ1) is 15.7. The van der Waals surface area contributed by atoms with E-state index in [1.54, 1.807) is 6.20 Å². The van der Waals surface area contributed by atoms with Crippen molar-refractivity contribution in [1.82, 2.24) is 9.88 Å². The molecule has 2 unspecified atom stereocenters. The maximum absolute atomic E-state index is 12.8. The molecular formula is C18H22N2O3. The van der Waals surface area contributed by atoms with Crippen molar-refractivity contribution in [2.24, 2.45) is 5.92 Å². The van der Waals surface area contributed by atoms with Gasteiger partial charge in [-0.1, -0.05) is 18.2 Å². The Morgan fingerprint density at radius 3 is 2.87 bits per heavy atom. The number of rotatable bonds is 5. The lowest BCUT2D eigenvalue weighted by Gasteiger charge is -2.29. The van der Waals surface area contributed by atoms with E-state index in [1.165, 1.54) is 0 Å². The highest BCUT2D eigenvalue weighted by atomic mass is 16.6. The van der Waals surface area contributed by atoms with Crippen LogP contribution in [0.4, 0.5) is 0 Å². The van der Waals surface area contributed by atoms with Crippen LogP contribution in [0.2, 0.25) is 0 Å². The Morgan fingerprint density at radius 1 is 1.30 bits per heavy atom. The van der Waals surface area contributed by atoms with Gasteiger partial charge < -0.3 is 9.64 Å². The van der Waals surface area contributed by atoms with Crippen LogP contribution in [-0.2, 0) is 20.9 Å². The van der Waals surface area contributed by atoms with Gasteiger partial charge in [0.1, 0.15) is 0 Å². The fraction of sp³-hybridized carbons (Fsp3) is 0.500. The summed E-state index contributed by atoms with van der Waals surface area (Å²) in [6, 6.07) is 5.70. The third kappa shape index (κ3) is 4.18. The molecule has 2 atom stereocenters. The second-order valence-corrected chi connectivity index (χ2v) is 6.21. The molecule has 0 N–H and O–H groups in total. The third-order valence-electron chi connectivity index (χ3n) is 4.41. The maximum atomic E-state index is 12.8. The van der Waals surface area contributed by atoms with E-state index >= 15 is 0 Å². The quantitative estimate of drug-likeness (QED) is 0.619. The molecule has 1 aromatic heterocycles. The van der Waals surface area contributed by atoms with E-state index in [-0.39, 0.29) is 11.9 Å². The monoisotopic (exact) mass is 314 g/mol. The standard InChI is InChI=1S/C18H22N2O3/c21-17-10-9-16(23-17)18(22)20(12-14-6-2-1-3-7-14)13-15-8-4-5-11-19-15/h1-2,4-5,8,11,14,16H,3,6-7,9-10,12-13H2. The first-order valence-corrected chi connectivity index (χ1v) is 8.25. The van der Waals surface area contributed by atoms with E-state index < -0.39 is 6.10 Å². The van der Waals surface area contributed by atoms with Crippen molar-refractivity contribution in [3.05, 3.63) is 42.2 Å². The normalized spacial score (nSPS) is 23.6. The van der Waals surface area contributed by atoms with Gasteiger partial charge in [-0.05, 0) is 37.3 Å². The van der Waals surface area contributed by atoms with Gasteiger partial charge in [0.2, 0.25) is 0 Å². The summed E-state index contributed by atoms with van der Waals surface area (Å²) in [4.78, 5) is 30.2. The average Bonchev–Trinajstić information content (AvgIpc) is 3.02. The average molecular weight is 314 g/mol. The fourth-order valence-corrected chi connectivity index (χ4v) is 3.16. The predicted molar refractivity (Wildman–Crippen MR) is 85.2 cm³/mol. The van der Waals surface area contributed by atoms with Crippen LogP contribution < -0.4 is 0 Å². The van der Waals surface area contributed by atoms with Gasteiger partial charge in [0, 0.05) is 25.6 Å². The lowest BCUT2D eigenvalue weighted by atomic mass is 9.93. The summed E-state index contributed by atoms with van der Waals surface area (Å²) in [6.45, 7) is 1.15. The zero-order valence-electron chi connectivity index (χ0n) is 13.2. The van der Waals surface area contributed by atoms with Gasteiger partial charge in [-0.2, -0.15) is 0 Å². The van der Waals surface area contributed by atoms with Crippen molar-refractivity contribution in [2.45, 2.75) is 44.8 Å². The van der Waals surface area contributed by atoms with Crippen LogP contribution in [0.1, 0.15) is 37.8 Å². The zero-order valence-corrected chi connectivity index (χ0v) is 13.2. The summed E-state index contributed by atoms with van der Waals surface area (Å²) in [7, 11) is 0. The Labute approximate surface area is 136 Å². The number of esters is 1. The number of pyridine rings is 1. The first-order valence-electron chi connectivity index (χ1n) is 8.25. The lowest BCUT2D eigenvalue weighted by Crippen LogP contribution is -2.41. The van der Waals surface area contributed by atoms with E-state index in [1.807, 2.05) is 23.1 Å². The summed E-state index contributed by atoms with van der Waals surface area (Å²) in [6.07, 6.45) is 9.47. The van der Waals surface area contributed by atoms with Crippen molar-refractivity contribution < 1.29 is 14.3 Å². The Morgan fingerprint density at radius 2 is 2.22 bits per heavy atom. The van der Waals surface area contributed by atoms with E-state index in [4.69, 9.17) is 4.74 Å². The van der Waals surface area contributed by atoms with Crippen LogP contribution in [0.5, 0.6) is 0 Å². The van der Waals surface area contributed by atoms with Gasteiger partial charge in [0.05, 0.1) is 12.2 Å². The van der Waals surface area contributed by atoms with Crippen molar-refractivity contribution in [3.63, 3.8) is 0 Å². The highest BCUT2D eigenvalue weighted by molar-refractivity contribution is 5.86. The molecule has 3 rings (SSSR count). The fourth-order valence-electron chi connectivity index (χ4n) is 3.16. The van der Waals surface area contributed by atoms with E-state index in [2.05, 4.69) is 17.1 Å². The number of hydrogen-bond acceptors (Lipinski definition) is 4. The van der Waals surface area contributed by atoms with Crippen molar-refractivity contribution in [1.29, 1.82) is 0 Å². The molecule has 1 aromatic rings. The SMILES string of the molecule is O=C1CCC(C(=O)N(Cc2ccccn2)CC2CC=CCC2)O1. The Hall–Kier alpha value is -2.17. The van der Waals surface area contributed by atoms with Crippen LogP contribution in [0.3, 0.4) is 0 Å². The summed E-state index contributed by atoms with van der Waals surface area (Å²) in [5, 5.41) is 0. The van der Waals surface area contributed by atoms with E-state index in [0.29, 0.717) is 31.8 Å². The number of amides is 1. The number of cyclic esters (lactones) is 1. The summed E-state index contributed by atoms with van der Waals surface area (Å²) >= 11 is 0. The Kier molecular flexibility index (Phi) is 5.05.